The zero-order chi connectivity index (χ0) is 21.6. The van der Waals surface area contributed by atoms with Gasteiger partial charge in [-0.1, -0.05) is 60.7 Å². The van der Waals surface area contributed by atoms with Crippen molar-refractivity contribution in [3.63, 3.8) is 0 Å². The molecular weight excluding hydrogens is 414 g/mol. The van der Waals surface area contributed by atoms with Crippen molar-refractivity contribution in [1.82, 2.24) is 15.1 Å². The Morgan fingerprint density at radius 2 is 1.68 bits per heavy atom. The second kappa shape index (κ2) is 9.87. The Morgan fingerprint density at radius 3 is 2.39 bits per heavy atom. The zero-order valence-corrected chi connectivity index (χ0v) is 17.9. The van der Waals surface area contributed by atoms with E-state index in [0.717, 1.165) is 11.3 Å². The fourth-order valence-corrected chi connectivity index (χ4v) is 4.77. The number of rotatable bonds is 6. The van der Waals surface area contributed by atoms with Crippen LogP contribution in [-0.2, 0) is 26.7 Å². The van der Waals surface area contributed by atoms with Crippen molar-refractivity contribution in [3.8, 4) is 0 Å². The molecule has 31 heavy (non-hydrogen) atoms. The Morgan fingerprint density at radius 1 is 1.00 bits per heavy atom. The van der Waals surface area contributed by atoms with Gasteiger partial charge < -0.3 is 19.9 Å². The van der Waals surface area contributed by atoms with Crippen molar-refractivity contribution < 1.29 is 19.1 Å². The van der Waals surface area contributed by atoms with Crippen LogP contribution in [-0.4, -0.2) is 65.2 Å². The van der Waals surface area contributed by atoms with E-state index in [4.69, 9.17) is 4.74 Å². The van der Waals surface area contributed by atoms with E-state index in [2.05, 4.69) is 5.32 Å². The van der Waals surface area contributed by atoms with Crippen LogP contribution in [0.1, 0.15) is 11.1 Å². The summed E-state index contributed by atoms with van der Waals surface area (Å²) >= 11 is 1.62. The van der Waals surface area contributed by atoms with Crippen molar-refractivity contribution in [1.29, 1.82) is 0 Å². The molecule has 3 amide bonds. The van der Waals surface area contributed by atoms with Crippen LogP contribution in [0.15, 0.2) is 60.7 Å². The molecule has 0 saturated carbocycles. The number of benzene rings is 2. The summed E-state index contributed by atoms with van der Waals surface area (Å²) in [6, 6.07) is 18.3. The van der Waals surface area contributed by atoms with Crippen molar-refractivity contribution in [3.05, 3.63) is 71.8 Å². The lowest BCUT2D eigenvalue weighted by Crippen LogP contribution is -2.70. The molecule has 2 atom stereocenters. The smallest absolute Gasteiger partial charge is 0.410 e. The number of piperazine rings is 2. The lowest BCUT2D eigenvalue weighted by molar-refractivity contribution is -0.151. The van der Waals surface area contributed by atoms with E-state index in [1.165, 1.54) is 10.5 Å². The maximum Gasteiger partial charge on any atom is 0.410 e. The second-order valence-electron chi connectivity index (χ2n) is 7.60. The van der Waals surface area contributed by atoms with Gasteiger partial charge >= 0.3 is 6.09 Å². The SMILES string of the molecule is O=C1N[C@@H](CSCc2ccccc2)C(=O)N2CCN(C(=O)OCc3ccccc3)C[C@H]12. The summed E-state index contributed by atoms with van der Waals surface area (Å²) in [7, 11) is 0. The zero-order valence-electron chi connectivity index (χ0n) is 17.1. The van der Waals surface area contributed by atoms with Crippen LogP contribution >= 0.6 is 11.8 Å². The summed E-state index contributed by atoms with van der Waals surface area (Å²) in [4.78, 5) is 41.1. The molecule has 0 radical (unpaired) electrons. The highest BCUT2D eigenvalue weighted by Crippen LogP contribution is 2.20. The Kier molecular flexibility index (Phi) is 6.76. The van der Waals surface area contributed by atoms with E-state index < -0.39 is 18.2 Å². The lowest BCUT2D eigenvalue weighted by atomic mass is 10.1. The molecule has 0 unspecified atom stereocenters. The van der Waals surface area contributed by atoms with E-state index >= 15 is 0 Å². The van der Waals surface area contributed by atoms with Gasteiger partial charge in [0.15, 0.2) is 0 Å². The first-order chi connectivity index (χ1) is 15.1. The Bertz CT molecular complexity index is 925. The minimum atomic E-state index is -0.666. The minimum Gasteiger partial charge on any atom is -0.445 e. The van der Waals surface area contributed by atoms with Gasteiger partial charge in [0.25, 0.3) is 0 Å². The Hall–Kier alpha value is -3.00. The third-order valence-corrected chi connectivity index (χ3v) is 6.55. The maximum absolute atomic E-state index is 12.9. The molecule has 1 N–H and O–H groups in total. The topological polar surface area (TPSA) is 79.0 Å². The number of nitrogens with zero attached hydrogens (tertiary/aromatic N) is 2. The average molecular weight is 440 g/mol. The maximum atomic E-state index is 12.9. The highest BCUT2D eigenvalue weighted by Gasteiger charge is 2.44. The second-order valence-corrected chi connectivity index (χ2v) is 8.63. The molecule has 0 aromatic heterocycles. The molecule has 2 aliphatic heterocycles. The van der Waals surface area contributed by atoms with Gasteiger partial charge in [-0.15, -0.1) is 0 Å². The van der Waals surface area contributed by atoms with Gasteiger partial charge in [-0.2, -0.15) is 11.8 Å². The van der Waals surface area contributed by atoms with Crippen LogP contribution in [0.2, 0.25) is 0 Å². The summed E-state index contributed by atoms with van der Waals surface area (Å²) in [6.45, 7) is 1.01. The van der Waals surface area contributed by atoms with Crippen LogP contribution in [0.25, 0.3) is 0 Å². The molecule has 2 aromatic carbocycles. The van der Waals surface area contributed by atoms with Gasteiger partial charge in [0.2, 0.25) is 11.8 Å². The number of amides is 3. The summed E-state index contributed by atoms with van der Waals surface area (Å²) in [5, 5.41) is 2.84. The molecule has 4 rings (SSSR count). The number of carbonyl (C=O) groups is 3. The fraction of sp³-hybridized carbons (Fsp3) is 0.348. The summed E-state index contributed by atoms with van der Waals surface area (Å²) in [5.41, 5.74) is 2.08. The number of hydrogen-bond donors (Lipinski definition) is 1. The van der Waals surface area contributed by atoms with E-state index in [1.54, 1.807) is 16.7 Å². The third kappa shape index (κ3) is 5.19. The van der Waals surface area contributed by atoms with Gasteiger partial charge in [-0.3, -0.25) is 9.59 Å². The van der Waals surface area contributed by atoms with E-state index in [9.17, 15) is 14.4 Å². The van der Waals surface area contributed by atoms with Crippen molar-refractivity contribution in [2.24, 2.45) is 0 Å². The Labute approximate surface area is 185 Å². The number of carbonyl (C=O) groups excluding carboxylic acids is 3. The van der Waals surface area contributed by atoms with Gasteiger partial charge in [0, 0.05) is 24.6 Å². The summed E-state index contributed by atoms with van der Waals surface area (Å²) in [6.07, 6.45) is -0.468. The van der Waals surface area contributed by atoms with Gasteiger partial charge in [-0.25, -0.2) is 4.79 Å². The van der Waals surface area contributed by atoms with Gasteiger partial charge in [0.05, 0.1) is 6.54 Å². The van der Waals surface area contributed by atoms with E-state index in [-0.39, 0.29) is 25.0 Å². The van der Waals surface area contributed by atoms with E-state index in [1.807, 2.05) is 60.7 Å². The molecular formula is C23H25N3O4S. The molecule has 2 saturated heterocycles. The normalized spacial score (nSPS) is 20.8. The number of thioether (sulfide) groups is 1. The largest absolute Gasteiger partial charge is 0.445 e. The monoisotopic (exact) mass is 439 g/mol. The first kappa shape index (κ1) is 21.2. The molecule has 7 nitrogen and oxygen atoms in total. The van der Waals surface area contributed by atoms with Crippen LogP contribution < -0.4 is 5.32 Å². The molecule has 0 bridgehead atoms. The first-order valence-corrected chi connectivity index (χ1v) is 11.5. The highest BCUT2D eigenvalue weighted by atomic mass is 32.2. The summed E-state index contributed by atoms with van der Waals surface area (Å²) < 4.78 is 5.37. The lowest BCUT2D eigenvalue weighted by Gasteiger charge is -2.44. The van der Waals surface area contributed by atoms with Crippen molar-refractivity contribution in [2.75, 3.05) is 25.4 Å². The first-order valence-electron chi connectivity index (χ1n) is 10.3. The molecule has 2 heterocycles. The van der Waals surface area contributed by atoms with Crippen LogP contribution in [0.4, 0.5) is 4.79 Å². The molecule has 0 aliphatic carbocycles. The molecule has 2 aliphatic rings. The number of ether oxygens (including phenoxy) is 1. The third-order valence-electron chi connectivity index (χ3n) is 5.44. The quantitative estimate of drug-likeness (QED) is 0.747. The van der Waals surface area contributed by atoms with Crippen molar-refractivity contribution in [2.45, 2.75) is 24.4 Å². The van der Waals surface area contributed by atoms with Crippen LogP contribution in [0.5, 0.6) is 0 Å². The molecule has 0 spiro atoms. The standard InChI is InChI=1S/C23H25N3O4S/c27-21-20-13-25(23(29)30-14-17-7-3-1-4-8-17)11-12-26(20)22(28)19(24-21)16-31-15-18-9-5-2-6-10-18/h1-10,19-20H,11-16H2,(H,24,27)/t19-,20+/m0/s1. The molecule has 2 fully saturated rings. The highest BCUT2D eigenvalue weighted by molar-refractivity contribution is 7.98. The predicted molar refractivity (Wildman–Crippen MR) is 118 cm³/mol. The van der Waals surface area contributed by atoms with E-state index in [0.29, 0.717) is 18.8 Å². The van der Waals surface area contributed by atoms with Crippen molar-refractivity contribution >= 4 is 29.7 Å². The Balaban J connectivity index is 1.28. The average Bonchev–Trinajstić information content (AvgIpc) is 2.81. The molecule has 162 valence electrons. The predicted octanol–water partition coefficient (Wildman–Crippen LogP) is 2.27. The number of nitrogens with one attached hydrogen (secondary N) is 1. The molecule has 8 heteroatoms. The fourth-order valence-electron chi connectivity index (χ4n) is 3.76. The van der Waals surface area contributed by atoms with Gasteiger partial charge in [0.1, 0.15) is 18.7 Å². The van der Waals surface area contributed by atoms with Crippen LogP contribution in [0, 0.1) is 0 Å². The minimum absolute atomic E-state index is 0.0811. The summed E-state index contributed by atoms with van der Waals surface area (Å²) in [5.74, 6) is 1.00. The number of fused-ring (bicyclic) bond motifs is 1. The van der Waals surface area contributed by atoms with Crippen LogP contribution in [0.3, 0.4) is 0 Å². The molecule has 2 aromatic rings. The number of hydrogen-bond acceptors (Lipinski definition) is 5. The van der Waals surface area contributed by atoms with Gasteiger partial charge in [-0.05, 0) is 11.1 Å².